The number of nitrogens with one attached hydrogen (secondary N) is 1. The van der Waals surface area contributed by atoms with E-state index in [2.05, 4.69) is 5.32 Å². The van der Waals surface area contributed by atoms with Gasteiger partial charge < -0.3 is 19.9 Å². The fourth-order valence-electron chi connectivity index (χ4n) is 2.73. The zero-order valence-electron chi connectivity index (χ0n) is 12.6. The van der Waals surface area contributed by atoms with Crippen LogP contribution in [0.25, 0.3) is 0 Å². The summed E-state index contributed by atoms with van der Waals surface area (Å²) in [5.74, 6) is 1.73. The first-order valence-corrected chi connectivity index (χ1v) is 8.46. The largest absolute Gasteiger partial charge is 0.497 e. The fraction of sp³-hybridized carbons (Fsp3) is 0.412. The molecule has 1 aromatic heterocycles. The number of hydrogen-bond acceptors (Lipinski definition) is 5. The number of ether oxygens (including phenoxy) is 2. The summed E-state index contributed by atoms with van der Waals surface area (Å²) in [4.78, 5) is 0. The molecule has 5 heteroatoms. The third-order valence-corrected chi connectivity index (χ3v) is 4.67. The summed E-state index contributed by atoms with van der Waals surface area (Å²) in [5.41, 5.74) is 2.07. The first-order chi connectivity index (χ1) is 10.8. The Morgan fingerprint density at radius 2 is 2.36 bits per heavy atom. The van der Waals surface area contributed by atoms with Gasteiger partial charge in [-0.1, -0.05) is 0 Å². The second-order valence-corrected chi connectivity index (χ2v) is 6.21. The highest BCUT2D eigenvalue weighted by atomic mass is 32.1. The molecule has 0 spiro atoms. The van der Waals surface area contributed by atoms with E-state index in [0.29, 0.717) is 6.54 Å². The van der Waals surface area contributed by atoms with E-state index < -0.39 is 6.10 Å². The van der Waals surface area contributed by atoms with E-state index in [1.165, 1.54) is 0 Å². The molecule has 118 valence electrons. The van der Waals surface area contributed by atoms with Gasteiger partial charge >= 0.3 is 0 Å². The van der Waals surface area contributed by atoms with Crippen LogP contribution >= 0.6 is 11.3 Å². The second kappa shape index (κ2) is 7.13. The number of benzene rings is 1. The highest BCUT2D eigenvalue weighted by Gasteiger charge is 2.21. The van der Waals surface area contributed by atoms with Gasteiger partial charge in [0.25, 0.3) is 0 Å². The molecule has 0 amide bonds. The van der Waals surface area contributed by atoms with Crippen molar-refractivity contribution < 1.29 is 14.6 Å². The normalized spacial score (nSPS) is 18.9. The molecule has 1 aliphatic rings. The van der Waals surface area contributed by atoms with E-state index >= 15 is 0 Å². The van der Waals surface area contributed by atoms with Crippen molar-refractivity contribution in [2.45, 2.75) is 25.0 Å². The first-order valence-electron chi connectivity index (χ1n) is 7.52. The van der Waals surface area contributed by atoms with Crippen molar-refractivity contribution in [3.8, 4) is 11.5 Å². The number of aliphatic hydroxyl groups excluding tert-OH is 1. The molecule has 1 aliphatic heterocycles. The van der Waals surface area contributed by atoms with Crippen LogP contribution in [-0.2, 0) is 0 Å². The van der Waals surface area contributed by atoms with Crippen molar-refractivity contribution in [1.82, 2.24) is 5.32 Å². The van der Waals surface area contributed by atoms with Crippen LogP contribution in [0.4, 0.5) is 0 Å². The minimum absolute atomic E-state index is 0.167. The summed E-state index contributed by atoms with van der Waals surface area (Å²) < 4.78 is 11.1. The maximum Gasteiger partial charge on any atom is 0.124 e. The molecule has 0 fully saturated rings. The van der Waals surface area contributed by atoms with Gasteiger partial charge in [0, 0.05) is 18.2 Å². The number of aliphatic hydroxyl groups is 1. The topological polar surface area (TPSA) is 50.7 Å². The number of fused-ring (bicyclic) bond motifs is 1. The van der Waals surface area contributed by atoms with Crippen molar-refractivity contribution in [2.24, 2.45) is 0 Å². The Morgan fingerprint density at radius 3 is 3.14 bits per heavy atom. The van der Waals surface area contributed by atoms with Gasteiger partial charge in [-0.15, -0.1) is 0 Å². The molecule has 2 aromatic rings. The molecule has 4 nitrogen and oxygen atoms in total. The molecular weight excluding hydrogens is 298 g/mol. The summed E-state index contributed by atoms with van der Waals surface area (Å²) >= 11 is 1.60. The average Bonchev–Trinajstić information content (AvgIpc) is 3.01. The molecule has 0 bridgehead atoms. The Morgan fingerprint density at radius 1 is 1.45 bits per heavy atom. The van der Waals surface area contributed by atoms with E-state index in [-0.39, 0.29) is 6.04 Å². The molecule has 0 radical (unpaired) electrons. The third kappa shape index (κ3) is 3.43. The Hall–Kier alpha value is -1.56. The smallest absolute Gasteiger partial charge is 0.124 e. The molecule has 2 heterocycles. The molecule has 0 saturated carbocycles. The van der Waals surface area contributed by atoms with Gasteiger partial charge in [0.1, 0.15) is 11.5 Å². The Kier molecular flexibility index (Phi) is 4.97. The van der Waals surface area contributed by atoms with Gasteiger partial charge in [0.2, 0.25) is 0 Å². The van der Waals surface area contributed by atoms with Crippen molar-refractivity contribution in [3.63, 3.8) is 0 Å². The predicted octanol–water partition coefficient (Wildman–Crippen LogP) is 3.29. The van der Waals surface area contributed by atoms with Gasteiger partial charge in [-0.2, -0.15) is 11.3 Å². The van der Waals surface area contributed by atoms with E-state index in [1.807, 2.05) is 35.0 Å². The van der Waals surface area contributed by atoms with Crippen LogP contribution in [0, 0.1) is 0 Å². The summed E-state index contributed by atoms with van der Waals surface area (Å²) in [6, 6.07) is 8.03. The number of hydrogen-bond donors (Lipinski definition) is 2. The zero-order chi connectivity index (χ0) is 15.4. The molecule has 3 rings (SSSR count). The number of thiophene rings is 1. The quantitative estimate of drug-likeness (QED) is 0.888. The van der Waals surface area contributed by atoms with Crippen LogP contribution in [0.3, 0.4) is 0 Å². The van der Waals surface area contributed by atoms with Crippen LogP contribution < -0.4 is 14.8 Å². The molecule has 2 unspecified atom stereocenters. The van der Waals surface area contributed by atoms with E-state index in [4.69, 9.17) is 9.47 Å². The van der Waals surface area contributed by atoms with Gasteiger partial charge in [-0.05, 0) is 53.4 Å². The van der Waals surface area contributed by atoms with Gasteiger partial charge in [-0.25, -0.2) is 0 Å². The van der Waals surface area contributed by atoms with Crippen molar-refractivity contribution >= 4 is 11.3 Å². The number of rotatable bonds is 5. The van der Waals surface area contributed by atoms with Gasteiger partial charge in [0.15, 0.2) is 0 Å². The van der Waals surface area contributed by atoms with Crippen LogP contribution in [-0.4, -0.2) is 25.4 Å². The Labute approximate surface area is 134 Å². The average molecular weight is 319 g/mol. The lowest BCUT2D eigenvalue weighted by atomic mass is 10.0. The first kappa shape index (κ1) is 15.3. The fourth-order valence-corrected chi connectivity index (χ4v) is 3.44. The SMILES string of the molecule is COc1ccc2c(c1)C(NCC(O)c1ccsc1)CCCO2. The minimum Gasteiger partial charge on any atom is -0.497 e. The van der Waals surface area contributed by atoms with Gasteiger partial charge in [-0.3, -0.25) is 0 Å². The lowest BCUT2D eigenvalue weighted by Crippen LogP contribution is -2.26. The summed E-state index contributed by atoms with van der Waals surface area (Å²) in [6.07, 6.45) is 1.49. The highest BCUT2D eigenvalue weighted by Crippen LogP contribution is 2.34. The van der Waals surface area contributed by atoms with Crippen molar-refractivity contribution in [3.05, 3.63) is 46.2 Å². The molecular formula is C17H21NO3S. The lowest BCUT2D eigenvalue weighted by Gasteiger charge is -2.21. The summed E-state index contributed by atoms with van der Waals surface area (Å²) in [6.45, 7) is 1.25. The van der Waals surface area contributed by atoms with Crippen LogP contribution in [0.5, 0.6) is 11.5 Å². The monoisotopic (exact) mass is 319 g/mol. The van der Waals surface area contributed by atoms with E-state index in [0.717, 1.165) is 42.1 Å². The van der Waals surface area contributed by atoms with Crippen LogP contribution in [0.1, 0.15) is 36.1 Å². The summed E-state index contributed by atoms with van der Waals surface area (Å²) in [7, 11) is 1.67. The zero-order valence-corrected chi connectivity index (χ0v) is 13.4. The molecule has 2 N–H and O–H groups in total. The maximum absolute atomic E-state index is 10.2. The Balaban J connectivity index is 1.73. The van der Waals surface area contributed by atoms with E-state index in [9.17, 15) is 5.11 Å². The summed E-state index contributed by atoms with van der Waals surface area (Å²) in [5, 5.41) is 17.7. The maximum atomic E-state index is 10.2. The predicted molar refractivity (Wildman–Crippen MR) is 87.7 cm³/mol. The molecule has 22 heavy (non-hydrogen) atoms. The van der Waals surface area contributed by atoms with Crippen molar-refractivity contribution in [1.29, 1.82) is 0 Å². The number of methoxy groups -OCH3 is 1. The van der Waals surface area contributed by atoms with Crippen LogP contribution in [0.2, 0.25) is 0 Å². The molecule has 0 saturated heterocycles. The standard InChI is InChI=1S/C17H21NO3S/c1-20-13-4-5-17-14(9-13)15(3-2-7-21-17)18-10-16(19)12-6-8-22-11-12/h4-6,8-9,11,15-16,18-19H,2-3,7,10H2,1H3. The third-order valence-electron chi connectivity index (χ3n) is 3.97. The Bertz CT molecular complexity index is 600. The molecule has 0 aliphatic carbocycles. The van der Waals surface area contributed by atoms with Crippen molar-refractivity contribution in [2.75, 3.05) is 20.3 Å². The van der Waals surface area contributed by atoms with E-state index in [1.54, 1.807) is 18.4 Å². The van der Waals surface area contributed by atoms with Gasteiger partial charge in [0.05, 0.1) is 19.8 Å². The second-order valence-electron chi connectivity index (χ2n) is 5.43. The van der Waals surface area contributed by atoms with Crippen LogP contribution in [0.15, 0.2) is 35.0 Å². The molecule has 1 aromatic carbocycles. The lowest BCUT2D eigenvalue weighted by molar-refractivity contribution is 0.169. The molecule has 2 atom stereocenters. The minimum atomic E-state index is -0.482. The highest BCUT2D eigenvalue weighted by molar-refractivity contribution is 7.07.